The Labute approximate surface area is 99.3 Å². The normalized spacial score (nSPS) is 18.6. The Morgan fingerprint density at radius 1 is 1.24 bits per heavy atom. The van der Waals surface area contributed by atoms with Crippen LogP contribution in [-0.4, -0.2) is 13.1 Å². The van der Waals surface area contributed by atoms with E-state index in [4.69, 9.17) is 0 Å². The molecule has 0 aliphatic carbocycles. The van der Waals surface area contributed by atoms with Gasteiger partial charge in [0.2, 0.25) is 0 Å². The number of rotatable bonds is 2. The van der Waals surface area contributed by atoms with Crippen molar-refractivity contribution in [2.45, 2.75) is 19.3 Å². The van der Waals surface area contributed by atoms with Gasteiger partial charge < -0.3 is 5.32 Å². The molecule has 90 valence electrons. The number of nitrogens with one attached hydrogen (secondary N) is 1. The van der Waals surface area contributed by atoms with Gasteiger partial charge in [0.15, 0.2) is 0 Å². The fraction of sp³-hybridized carbons (Fsp3) is 0.462. The van der Waals surface area contributed by atoms with Crippen molar-refractivity contribution >= 4 is 0 Å². The van der Waals surface area contributed by atoms with Crippen LogP contribution in [0.15, 0.2) is 18.2 Å². The van der Waals surface area contributed by atoms with Gasteiger partial charge >= 0.3 is 0 Å². The van der Waals surface area contributed by atoms with Gasteiger partial charge in [-0.2, -0.15) is 5.26 Å². The molecule has 0 spiro atoms. The summed E-state index contributed by atoms with van der Waals surface area (Å²) in [5.74, 6) is -1.11. The van der Waals surface area contributed by atoms with Crippen molar-refractivity contribution in [3.05, 3.63) is 35.4 Å². The van der Waals surface area contributed by atoms with Crippen LogP contribution >= 0.6 is 0 Å². The number of nitrogens with zero attached hydrogens (tertiary/aromatic N) is 1. The molecule has 0 unspecified atom stereocenters. The van der Waals surface area contributed by atoms with E-state index in [0.29, 0.717) is 12.8 Å². The maximum Gasteiger partial charge on any atom is 0.129 e. The molecule has 1 fully saturated rings. The third-order valence-electron chi connectivity index (χ3n) is 3.37. The zero-order valence-electron chi connectivity index (χ0n) is 9.47. The Bertz CT molecular complexity index is 425. The fourth-order valence-electron chi connectivity index (χ4n) is 2.27. The van der Waals surface area contributed by atoms with Crippen LogP contribution in [0, 0.1) is 28.4 Å². The van der Waals surface area contributed by atoms with Crippen LogP contribution in [0.4, 0.5) is 8.78 Å². The van der Waals surface area contributed by atoms with Gasteiger partial charge in [0.25, 0.3) is 0 Å². The van der Waals surface area contributed by atoms with Crippen LogP contribution < -0.4 is 5.32 Å². The van der Waals surface area contributed by atoms with Crippen LogP contribution in [-0.2, 0) is 6.42 Å². The second kappa shape index (κ2) is 4.80. The molecule has 1 heterocycles. The standard InChI is InChI=1S/C13H14F2N2/c14-11-2-1-3-12(15)10(11)8-13(9-16)4-6-17-7-5-13/h1-3,17H,4-8H2. The summed E-state index contributed by atoms with van der Waals surface area (Å²) >= 11 is 0. The summed E-state index contributed by atoms with van der Waals surface area (Å²) in [6, 6.07) is 6.07. The monoisotopic (exact) mass is 236 g/mol. The van der Waals surface area contributed by atoms with Gasteiger partial charge in [0.1, 0.15) is 11.6 Å². The maximum absolute atomic E-state index is 13.5. The lowest BCUT2D eigenvalue weighted by Crippen LogP contribution is -2.37. The van der Waals surface area contributed by atoms with Gasteiger partial charge in [0, 0.05) is 5.56 Å². The van der Waals surface area contributed by atoms with E-state index in [9.17, 15) is 14.0 Å². The molecule has 2 nitrogen and oxygen atoms in total. The number of halogens is 2. The number of hydrogen-bond donors (Lipinski definition) is 1. The van der Waals surface area contributed by atoms with Crippen molar-refractivity contribution in [1.29, 1.82) is 5.26 Å². The van der Waals surface area contributed by atoms with Gasteiger partial charge in [-0.1, -0.05) is 6.07 Å². The molecule has 0 aromatic heterocycles. The fourth-order valence-corrected chi connectivity index (χ4v) is 2.27. The number of benzene rings is 1. The average Bonchev–Trinajstić information content (AvgIpc) is 2.35. The van der Waals surface area contributed by atoms with E-state index in [1.165, 1.54) is 18.2 Å². The van der Waals surface area contributed by atoms with Gasteiger partial charge in [-0.15, -0.1) is 0 Å². The summed E-state index contributed by atoms with van der Waals surface area (Å²) in [6.07, 6.45) is 1.43. The van der Waals surface area contributed by atoms with E-state index in [-0.39, 0.29) is 12.0 Å². The Morgan fingerprint density at radius 2 is 1.82 bits per heavy atom. The summed E-state index contributed by atoms with van der Waals surface area (Å²) in [4.78, 5) is 0. The van der Waals surface area contributed by atoms with Crippen LogP contribution in [0.1, 0.15) is 18.4 Å². The Morgan fingerprint density at radius 3 is 2.35 bits per heavy atom. The van der Waals surface area contributed by atoms with Crippen LogP contribution in [0.5, 0.6) is 0 Å². The van der Waals surface area contributed by atoms with E-state index < -0.39 is 17.0 Å². The molecule has 1 N–H and O–H groups in total. The summed E-state index contributed by atoms with van der Waals surface area (Å²) < 4.78 is 27.1. The molecule has 4 heteroatoms. The van der Waals surface area contributed by atoms with E-state index in [1.54, 1.807) is 0 Å². The molecule has 17 heavy (non-hydrogen) atoms. The maximum atomic E-state index is 13.5. The number of hydrogen-bond acceptors (Lipinski definition) is 2. The molecule has 0 atom stereocenters. The number of nitriles is 1. The molecule has 1 aliphatic rings. The summed E-state index contributed by atoms with van der Waals surface area (Å²) in [6.45, 7) is 1.45. The molecule has 0 amide bonds. The Balaban J connectivity index is 2.27. The van der Waals surface area contributed by atoms with Crippen molar-refractivity contribution in [3.63, 3.8) is 0 Å². The third kappa shape index (κ3) is 2.45. The molecular formula is C13H14F2N2. The van der Waals surface area contributed by atoms with E-state index >= 15 is 0 Å². The minimum Gasteiger partial charge on any atom is -0.317 e. The summed E-state index contributed by atoms with van der Waals surface area (Å²) in [5, 5.41) is 12.4. The minimum atomic E-state index is -0.631. The lowest BCUT2D eigenvalue weighted by Gasteiger charge is -2.31. The highest BCUT2D eigenvalue weighted by atomic mass is 19.1. The zero-order valence-corrected chi connectivity index (χ0v) is 9.47. The third-order valence-corrected chi connectivity index (χ3v) is 3.37. The molecule has 0 bridgehead atoms. The van der Waals surface area contributed by atoms with Gasteiger partial charge in [-0.25, -0.2) is 8.78 Å². The second-order valence-electron chi connectivity index (χ2n) is 4.52. The van der Waals surface area contributed by atoms with Crippen molar-refractivity contribution in [2.75, 3.05) is 13.1 Å². The largest absolute Gasteiger partial charge is 0.317 e. The average molecular weight is 236 g/mol. The SMILES string of the molecule is N#CC1(Cc2c(F)cccc2F)CCNCC1. The molecule has 1 aromatic rings. The second-order valence-corrected chi connectivity index (χ2v) is 4.52. The van der Waals surface area contributed by atoms with E-state index in [1.807, 2.05) is 0 Å². The van der Waals surface area contributed by atoms with Crippen LogP contribution in [0.3, 0.4) is 0 Å². The Kier molecular flexibility index (Phi) is 3.39. The van der Waals surface area contributed by atoms with E-state index in [0.717, 1.165) is 13.1 Å². The van der Waals surface area contributed by atoms with E-state index in [2.05, 4.69) is 11.4 Å². The summed E-state index contributed by atoms with van der Waals surface area (Å²) in [5.41, 5.74) is -0.593. The molecule has 0 radical (unpaired) electrons. The van der Waals surface area contributed by atoms with Crippen LogP contribution in [0.2, 0.25) is 0 Å². The first-order chi connectivity index (χ1) is 8.17. The van der Waals surface area contributed by atoms with Gasteiger partial charge in [-0.3, -0.25) is 0 Å². The summed E-state index contributed by atoms with van der Waals surface area (Å²) in [7, 11) is 0. The highest BCUT2D eigenvalue weighted by molar-refractivity contribution is 5.23. The molecule has 0 saturated carbocycles. The first-order valence-electron chi connectivity index (χ1n) is 5.72. The van der Waals surface area contributed by atoms with Crippen molar-refractivity contribution < 1.29 is 8.78 Å². The first kappa shape index (κ1) is 12.0. The predicted octanol–water partition coefficient (Wildman–Crippen LogP) is 2.40. The topological polar surface area (TPSA) is 35.8 Å². The highest BCUT2D eigenvalue weighted by Gasteiger charge is 2.34. The van der Waals surface area contributed by atoms with Crippen molar-refractivity contribution in [3.8, 4) is 6.07 Å². The lowest BCUT2D eigenvalue weighted by atomic mass is 9.75. The lowest BCUT2D eigenvalue weighted by molar-refractivity contribution is 0.274. The molecule has 1 aliphatic heterocycles. The molecular weight excluding hydrogens is 222 g/mol. The van der Waals surface area contributed by atoms with Gasteiger partial charge in [-0.05, 0) is 44.5 Å². The minimum absolute atomic E-state index is 0.0379. The van der Waals surface area contributed by atoms with Gasteiger partial charge in [0.05, 0.1) is 11.5 Å². The van der Waals surface area contributed by atoms with Crippen LogP contribution in [0.25, 0.3) is 0 Å². The molecule has 1 aromatic carbocycles. The molecule has 1 saturated heterocycles. The quantitative estimate of drug-likeness (QED) is 0.855. The first-order valence-corrected chi connectivity index (χ1v) is 5.72. The predicted molar refractivity (Wildman–Crippen MR) is 60.2 cm³/mol. The van der Waals surface area contributed by atoms with Crippen molar-refractivity contribution in [2.24, 2.45) is 5.41 Å². The van der Waals surface area contributed by atoms with Crippen molar-refractivity contribution in [1.82, 2.24) is 5.32 Å². The Hall–Kier alpha value is -1.47. The molecule has 2 rings (SSSR count). The smallest absolute Gasteiger partial charge is 0.129 e. The highest BCUT2D eigenvalue weighted by Crippen LogP contribution is 2.33. The zero-order chi connectivity index (χ0) is 12.3. The number of piperidine rings is 1.